The zero-order valence-electron chi connectivity index (χ0n) is 11.1. The number of fused-ring (bicyclic) bond motifs is 1. The third kappa shape index (κ3) is 3.20. The molecule has 0 atom stereocenters. The molecule has 0 unspecified atom stereocenters. The lowest BCUT2D eigenvalue weighted by Gasteiger charge is -2.01. The highest BCUT2D eigenvalue weighted by atomic mass is 35.5. The number of hydrogen-bond donors (Lipinski definition) is 2. The number of halogens is 1. The molecule has 3 rings (SSSR count). The number of nitrogen functional groups attached to an aromatic ring is 1. The van der Waals surface area contributed by atoms with Gasteiger partial charge in [-0.25, -0.2) is 0 Å². The van der Waals surface area contributed by atoms with Gasteiger partial charge in [-0.2, -0.15) is 0 Å². The molecule has 3 aromatic rings. The topological polar surface area (TPSA) is 68.3 Å². The second-order valence-electron chi connectivity index (χ2n) is 4.62. The molecule has 6 heteroatoms. The van der Waals surface area contributed by atoms with Gasteiger partial charge in [-0.1, -0.05) is 11.6 Å². The van der Waals surface area contributed by atoms with Crippen LogP contribution in [0.3, 0.4) is 0 Å². The molecule has 0 aliphatic carbocycles. The Hall–Kier alpha value is -1.98. The molecule has 0 fully saturated rings. The van der Waals surface area contributed by atoms with Gasteiger partial charge >= 0.3 is 0 Å². The summed E-state index contributed by atoms with van der Waals surface area (Å²) in [7, 11) is 0. The lowest BCUT2D eigenvalue weighted by atomic mass is 10.2. The van der Waals surface area contributed by atoms with E-state index in [1.165, 1.54) is 11.3 Å². The van der Waals surface area contributed by atoms with Crippen LogP contribution in [-0.2, 0) is 6.42 Å². The minimum absolute atomic E-state index is 0.229. The summed E-state index contributed by atoms with van der Waals surface area (Å²) < 4.78 is 6.26. The summed E-state index contributed by atoms with van der Waals surface area (Å²) in [6.45, 7) is 0.537. The number of amides is 1. The van der Waals surface area contributed by atoms with Crippen LogP contribution in [0.1, 0.15) is 15.4 Å². The number of nitrogens with two attached hydrogens (primary N) is 1. The molecule has 0 radical (unpaired) electrons. The third-order valence-electron chi connectivity index (χ3n) is 3.05. The van der Waals surface area contributed by atoms with Gasteiger partial charge in [0, 0.05) is 22.5 Å². The van der Waals surface area contributed by atoms with Crippen LogP contribution >= 0.6 is 22.9 Å². The highest BCUT2D eigenvalue weighted by molar-refractivity contribution is 7.16. The van der Waals surface area contributed by atoms with Crippen LogP contribution in [0.5, 0.6) is 0 Å². The zero-order chi connectivity index (χ0) is 14.8. The minimum atomic E-state index is -0.229. The molecule has 0 aliphatic rings. The van der Waals surface area contributed by atoms with Crippen molar-refractivity contribution < 1.29 is 9.21 Å². The second-order valence-corrected chi connectivity index (χ2v) is 6.42. The molecule has 0 saturated heterocycles. The summed E-state index contributed by atoms with van der Waals surface area (Å²) in [5.74, 6) is 0.0623. The van der Waals surface area contributed by atoms with E-state index in [2.05, 4.69) is 5.32 Å². The van der Waals surface area contributed by atoms with Crippen molar-refractivity contribution in [3.8, 4) is 0 Å². The predicted molar refractivity (Wildman–Crippen MR) is 86.0 cm³/mol. The Morgan fingerprint density at radius 3 is 2.90 bits per heavy atom. The molecular weight excluding hydrogens is 308 g/mol. The Morgan fingerprint density at radius 2 is 2.14 bits per heavy atom. The van der Waals surface area contributed by atoms with Gasteiger partial charge < -0.3 is 15.5 Å². The van der Waals surface area contributed by atoms with Crippen molar-refractivity contribution in [2.75, 3.05) is 12.3 Å². The SMILES string of the molecule is Nc1ccc2oc(C(=O)NCCc3ccc(Cl)s3)cc2c1. The van der Waals surface area contributed by atoms with Gasteiger partial charge in [0.25, 0.3) is 5.91 Å². The van der Waals surface area contributed by atoms with Crippen LogP contribution in [0.4, 0.5) is 5.69 Å². The molecule has 2 heterocycles. The molecule has 3 N–H and O–H groups in total. The van der Waals surface area contributed by atoms with Crippen molar-refractivity contribution in [2.24, 2.45) is 0 Å². The number of hydrogen-bond acceptors (Lipinski definition) is 4. The van der Waals surface area contributed by atoms with E-state index in [1.807, 2.05) is 12.1 Å². The number of thiophene rings is 1. The zero-order valence-corrected chi connectivity index (χ0v) is 12.6. The van der Waals surface area contributed by atoms with Crippen molar-refractivity contribution >= 4 is 45.5 Å². The highest BCUT2D eigenvalue weighted by Crippen LogP contribution is 2.22. The van der Waals surface area contributed by atoms with Crippen LogP contribution in [0.2, 0.25) is 4.34 Å². The second kappa shape index (κ2) is 5.79. The molecule has 21 heavy (non-hydrogen) atoms. The molecule has 0 bridgehead atoms. The summed E-state index contributed by atoms with van der Waals surface area (Å²) in [6.07, 6.45) is 0.746. The fourth-order valence-corrected chi connectivity index (χ4v) is 3.13. The number of anilines is 1. The summed E-state index contributed by atoms with van der Waals surface area (Å²) in [5.41, 5.74) is 7.00. The van der Waals surface area contributed by atoms with E-state index in [9.17, 15) is 4.79 Å². The van der Waals surface area contributed by atoms with Gasteiger partial charge in [-0.05, 0) is 42.8 Å². The van der Waals surface area contributed by atoms with E-state index in [4.69, 9.17) is 21.8 Å². The Kier molecular flexibility index (Phi) is 3.86. The Bertz CT molecular complexity index is 794. The first-order valence-corrected chi connectivity index (χ1v) is 7.63. The van der Waals surface area contributed by atoms with Crippen molar-refractivity contribution in [1.82, 2.24) is 5.32 Å². The van der Waals surface area contributed by atoms with Gasteiger partial charge in [0.15, 0.2) is 5.76 Å². The maximum absolute atomic E-state index is 12.0. The van der Waals surface area contributed by atoms with E-state index < -0.39 is 0 Å². The van der Waals surface area contributed by atoms with E-state index in [0.717, 1.165) is 21.0 Å². The number of carbonyl (C=O) groups is 1. The molecule has 0 saturated carbocycles. The first kappa shape index (κ1) is 14.0. The lowest BCUT2D eigenvalue weighted by molar-refractivity contribution is 0.0928. The average Bonchev–Trinajstić information content (AvgIpc) is 3.04. The number of carbonyl (C=O) groups excluding carboxylic acids is 1. The summed E-state index contributed by atoms with van der Waals surface area (Å²) in [6, 6.07) is 10.8. The number of furan rings is 1. The Labute approximate surface area is 130 Å². The quantitative estimate of drug-likeness (QED) is 0.720. The monoisotopic (exact) mass is 320 g/mol. The van der Waals surface area contributed by atoms with Crippen LogP contribution < -0.4 is 11.1 Å². The van der Waals surface area contributed by atoms with E-state index in [-0.39, 0.29) is 5.91 Å². The summed E-state index contributed by atoms with van der Waals surface area (Å²) >= 11 is 7.38. The largest absolute Gasteiger partial charge is 0.451 e. The lowest BCUT2D eigenvalue weighted by Crippen LogP contribution is -2.24. The number of rotatable bonds is 4. The Balaban J connectivity index is 1.63. The normalized spacial score (nSPS) is 10.9. The van der Waals surface area contributed by atoms with Gasteiger partial charge in [0.05, 0.1) is 4.34 Å². The van der Waals surface area contributed by atoms with Crippen molar-refractivity contribution in [2.45, 2.75) is 6.42 Å². The smallest absolute Gasteiger partial charge is 0.287 e. The van der Waals surface area contributed by atoms with E-state index in [1.54, 1.807) is 24.3 Å². The summed E-state index contributed by atoms with van der Waals surface area (Å²) in [5, 5.41) is 3.66. The van der Waals surface area contributed by atoms with E-state index in [0.29, 0.717) is 23.6 Å². The first-order chi connectivity index (χ1) is 10.1. The minimum Gasteiger partial charge on any atom is -0.451 e. The number of nitrogens with one attached hydrogen (secondary N) is 1. The van der Waals surface area contributed by atoms with Crippen LogP contribution in [0, 0.1) is 0 Å². The van der Waals surface area contributed by atoms with E-state index >= 15 is 0 Å². The van der Waals surface area contributed by atoms with Gasteiger partial charge in [-0.3, -0.25) is 4.79 Å². The number of benzene rings is 1. The van der Waals surface area contributed by atoms with Gasteiger partial charge in [-0.15, -0.1) is 11.3 Å². The highest BCUT2D eigenvalue weighted by Gasteiger charge is 2.12. The molecular formula is C15H13ClN2O2S. The molecule has 2 aromatic heterocycles. The molecule has 0 spiro atoms. The predicted octanol–water partition coefficient (Wildman–Crippen LogP) is 3.70. The van der Waals surface area contributed by atoms with Crippen molar-refractivity contribution in [1.29, 1.82) is 0 Å². The van der Waals surface area contributed by atoms with Crippen LogP contribution in [-0.4, -0.2) is 12.5 Å². The van der Waals surface area contributed by atoms with Crippen LogP contribution in [0.15, 0.2) is 40.8 Å². The molecule has 0 aliphatic heterocycles. The van der Waals surface area contributed by atoms with Gasteiger partial charge in [0.2, 0.25) is 0 Å². The average molecular weight is 321 g/mol. The fraction of sp³-hybridized carbons (Fsp3) is 0.133. The summed E-state index contributed by atoms with van der Waals surface area (Å²) in [4.78, 5) is 13.2. The van der Waals surface area contributed by atoms with Gasteiger partial charge in [0.1, 0.15) is 5.58 Å². The van der Waals surface area contributed by atoms with Crippen LogP contribution in [0.25, 0.3) is 11.0 Å². The molecule has 108 valence electrons. The molecule has 1 aromatic carbocycles. The third-order valence-corrected chi connectivity index (χ3v) is 4.34. The van der Waals surface area contributed by atoms with Crippen molar-refractivity contribution in [3.63, 3.8) is 0 Å². The standard InChI is InChI=1S/C15H13ClN2O2S/c16-14-4-2-11(21-14)5-6-18-15(19)13-8-9-7-10(17)1-3-12(9)20-13/h1-4,7-8H,5-6,17H2,(H,18,19). The molecule has 4 nitrogen and oxygen atoms in total. The first-order valence-electron chi connectivity index (χ1n) is 6.43. The van der Waals surface area contributed by atoms with Crippen molar-refractivity contribution in [3.05, 3.63) is 51.4 Å². The maximum Gasteiger partial charge on any atom is 0.287 e. The fourth-order valence-electron chi connectivity index (χ4n) is 2.05. The Morgan fingerprint density at radius 1 is 1.29 bits per heavy atom. The maximum atomic E-state index is 12.0. The molecule has 1 amide bonds.